The van der Waals surface area contributed by atoms with Crippen molar-refractivity contribution < 1.29 is 9.21 Å². The van der Waals surface area contributed by atoms with Crippen LogP contribution in [0.5, 0.6) is 0 Å². The van der Waals surface area contributed by atoms with Crippen LogP contribution in [0.2, 0.25) is 4.34 Å². The molecule has 76 valence electrons. The molecular formula is C11H7ClO2S. The average Bonchev–Trinajstić information content (AvgIpc) is 2.84. The van der Waals surface area contributed by atoms with E-state index in [0.717, 1.165) is 4.88 Å². The molecule has 0 aliphatic heterocycles. The molecule has 4 heteroatoms. The molecule has 0 amide bonds. The number of allylic oxidation sites excluding steroid dienone is 1. The first kappa shape index (κ1) is 10.2. The summed E-state index contributed by atoms with van der Waals surface area (Å²) in [5, 5.41) is 0. The zero-order valence-electron chi connectivity index (χ0n) is 7.64. The second-order valence-electron chi connectivity index (χ2n) is 2.85. The maximum absolute atomic E-state index is 11.5. The SMILES string of the molecule is O=C(/C=C/c1ccc(Cl)s1)c1ccoc1. The van der Waals surface area contributed by atoms with Crippen molar-refractivity contribution in [1.29, 1.82) is 0 Å². The van der Waals surface area contributed by atoms with Gasteiger partial charge in [0.05, 0.1) is 16.2 Å². The third-order valence-corrected chi connectivity index (χ3v) is 3.00. The highest BCUT2D eigenvalue weighted by Crippen LogP contribution is 2.22. The molecule has 2 aromatic heterocycles. The Morgan fingerprint density at radius 2 is 2.27 bits per heavy atom. The van der Waals surface area contributed by atoms with E-state index in [1.165, 1.54) is 29.9 Å². The largest absolute Gasteiger partial charge is 0.472 e. The first-order valence-corrected chi connectivity index (χ1v) is 5.45. The van der Waals surface area contributed by atoms with E-state index in [1.54, 1.807) is 18.2 Å². The maximum atomic E-state index is 11.5. The molecule has 0 N–H and O–H groups in total. The van der Waals surface area contributed by atoms with E-state index in [-0.39, 0.29) is 5.78 Å². The van der Waals surface area contributed by atoms with Gasteiger partial charge in [-0.1, -0.05) is 11.6 Å². The summed E-state index contributed by atoms with van der Waals surface area (Å²) in [4.78, 5) is 12.5. The highest BCUT2D eigenvalue weighted by atomic mass is 35.5. The maximum Gasteiger partial charge on any atom is 0.189 e. The minimum Gasteiger partial charge on any atom is -0.472 e. The standard InChI is InChI=1S/C11H7ClO2S/c12-11-4-2-9(15-11)1-3-10(13)8-5-6-14-7-8/h1-7H/b3-1+. The Kier molecular flexibility index (Phi) is 3.04. The molecule has 0 saturated carbocycles. The van der Waals surface area contributed by atoms with Gasteiger partial charge in [0.25, 0.3) is 0 Å². The number of carbonyl (C=O) groups excluding carboxylic acids is 1. The molecule has 0 saturated heterocycles. The molecule has 0 atom stereocenters. The molecule has 0 unspecified atom stereocenters. The van der Waals surface area contributed by atoms with Gasteiger partial charge in [0, 0.05) is 4.88 Å². The zero-order chi connectivity index (χ0) is 10.7. The third-order valence-electron chi connectivity index (χ3n) is 1.80. The van der Waals surface area contributed by atoms with Crippen molar-refractivity contribution in [3.8, 4) is 0 Å². The number of hydrogen-bond acceptors (Lipinski definition) is 3. The van der Waals surface area contributed by atoms with Crippen molar-refractivity contribution in [2.75, 3.05) is 0 Å². The van der Waals surface area contributed by atoms with Crippen LogP contribution >= 0.6 is 22.9 Å². The van der Waals surface area contributed by atoms with Crippen LogP contribution in [-0.4, -0.2) is 5.78 Å². The second-order valence-corrected chi connectivity index (χ2v) is 4.60. The molecular weight excluding hydrogens is 232 g/mol. The lowest BCUT2D eigenvalue weighted by Crippen LogP contribution is -1.89. The van der Waals surface area contributed by atoms with Crippen LogP contribution in [0.3, 0.4) is 0 Å². The molecule has 2 heterocycles. The van der Waals surface area contributed by atoms with Crippen molar-refractivity contribution in [1.82, 2.24) is 0 Å². The van der Waals surface area contributed by atoms with Gasteiger partial charge in [-0.25, -0.2) is 0 Å². The van der Waals surface area contributed by atoms with Crippen molar-refractivity contribution >= 4 is 34.8 Å². The number of ketones is 1. The first-order chi connectivity index (χ1) is 7.25. The predicted octanol–water partition coefficient (Wildman–Crippen LogP) is 3.89. The number of furan rings is 1. The quantitative estimate of drug-likeness (QED) is 0.600. The van der Waals surface area contributed by atoms with Crippen LogP contribution in [0.4, 0.5) is 0 Å². The fraction of sp³-hybridized carbons (Fsp3) is 0. The minimum absolute atomic E-state index is 0.0757. The van der Waals surface area contributed by atoms with Crippen LogP contribution in [-0.2, 0) is 0 Å². The number of rotatable bonds is 3. The van der Waals surface area contributed by atoms with Gasteiger partial charge in [-0.2, -0.15) is 0 Å². The molecule has 0 aliphatic carbocycles. The molecule has 2 nitrogen and oxygen atoms in total. The predicted molar refractivity (Wildman–Crippen MR) is 61.4 cm³/mol. The third kappa shape index (κ3) is 2.58. The molecule has 2 aromatic rings. The minimum atomic E-state index is -0.0757. The highest BCUT2D eigenvalue weighted by Gasteiger charge is 2.02. The average molecular weight is 239 g/mol. The van der Waals surface area contributed by atoms with Crippen LogP contribution in [0, 0.1) is 0 Å². The van der Waals surface area contributed by atoms with Gasteiger partial charge in [-0.15, -0.1) is 11.3 Å². The van der Waals surface area contributed by atoms with E-state index in [9.17, 15) is 4.79 Å². The van der Waals surface area contributed by atoms with Crippen LogP contribution in [0.1, 0.15) is 15.2 Å². The van der Waals surface area contributed by atoms with Crippen molar-refractivity contribution in [3.63, 3.8) is 0 Å². The van der Waals surface area contributed by atoms with Gasteiger partial charge in [0.1, 0.15) is 6.26 Å². The van der Waals surface area contributed by atoms with Crippen LogP contribution < -0.4 is 0 Å². The molecule has 0 spiro atoms. The Morgan fingerprint density at radius 3 is 2.87 bits per heavy atom. The normalized spacial score (nSPS) is 11.0. The molecule has 0 bridgehead atoms. The summed E-state index contributed by atoms with van der Waals surface area (Å²) >= 11 is 7.19. The molecule has 2 rings (SSSR count). The number of hydrogen-bond donors (Lipinski definition) is 0. The molecule has 0 aromatic carbocycles. The summed E-state index contributed by atoms with van der Waals surface area (Å²) in [7, 11) is 0. The van der Waals surface area contributed by atoms with Crippen molar-refractivity contribution in [2.45, 2.75) is 0 Å². The summed E-state index contributed by atoms with van der Waals surface area (Å²) in [6.07, 6.45) is 6.15. The Morgan fingerprint density at radius 1 is 1.40 bits per heavy atom. The van der Waals surface area contributed by atoms with E-state index in [1.807, 2.05) is 6.07 Å². The Bertz CT molecular complexity index is 482. The van der Waals surface area contributed by atoms with Crippen molar-refractivity contribution in [3.05, 3.63) is 51.6 Å². The summed E-state index contributed by atoms with van der Waals surface area (Å²) in [5.74, 6) is -0.0757. The fourth-order valence-electron chi connectivity index (χ4n) is 1.08. The van der Waals surface area contributed by atoms with Gasteiger partial charge >= 0.3 is 0 Å². The van der Waals surface area contributed by atoms with E-state index in [2.05, 4.69) is 0 Å². The molecule has 15 heavy (non-hydrogen) atoms. The van der Waals surface area contributed by atoms with Crippen LogP contribution in [0.25, 0.3) is 6.08 Å². The number of carbonyl (C=O) groups is 1. The number of thiophene rings is 1. The van der Waals surface area contributed by atoms with E-state index in [4.69, 9.17) is 16.0 Å². The lowest BCUT2D eigenvalue weighted by atomic mass is 10.2. The first-order valence-electron chi connectivity index (χ1n) is 4.25. The van der Waals surface area contributed by atoms with Gasteiger partial charge in [-0.3, -0.25) is 4.79 Å². The molecule has 0 fully saturated rings. The van der Waals surface area contributed by atoms with Gasteiger partial charge in [0.2, 0.25) is 0 Å². The Hall–Kier alpha value is -1.32. The second kappa shape index (κ2) is 4.47. The lowest BCUT2D eigenvalue weighted by Gasteiger charge is -1.86. The van der Waals surface area contributed by atoms with Crippen LogP contribution in [0.15, 0.2) is 41.2 Å². The van der Waals surface area contributed by atoms with E-state index < -0.39 is 0 Å². The smallest absolute Gasteiger partial charge is 0.189 e. The summed E-state index contributed by atoms with van der Waals surface area (Å²) < 4.78 is 5.53. The van der Waals surface area contributed by atoms with Gasteiger partial charge < -0.3 is 4.42 Å². The summed E-state index contributed by atoms with van der Waals surface area (Å²) in [6, 6.07) is 5.30. The summed E-state index contributed by atoms with van der Waals surface area (Å²) in [6.45, 7) is 0. The lowest BCUT2D eigenvalue weighted by molar-refractivity contribution is 0.104. The summed E-state index contributed by atoms with van der Waals surface area (Å²) in [5.41, 5.74) is 0.550. The van der Waals surface area contributed by atoms with Crippen molar-refractivity contribution in [2.24, 2.45) is 0 Å². The Balaban J connectivity index is 2.09. The molecule has 0 radical (unpaired) electrons. The van der Waals surface area contributed by atoms with Gasteiger partial charge in [-0.05, 0) is 30.4 Å². The fourth-order valence-corrected chi connectivity index (χ4v) is 2.04. The monoisotopic (exact) mass is 238 g/mol. The highest BCUT2D eigenvalue weighted by molar-refractivity contribution is 7.17. The van der Waals surface area contributed by atoms with E-state index >= 15 is 0 Å². The van der Waals surface area contributed by atoms with E-state index in [0.29, 0.717) is 9.90 Å². The zero-order valence-corrected chi connectivity index (χ0v) is 9.22. The topological polar surface area (TPSA) is 30.2 Å². The Labute approximate surface area is 95.8 Å². The number of halogens is 1. The molecule has 0 aliphatic rings. The van der Waals surface area contributed by atoms with Gasteiger partial charge in [0.15, 0.2) is 5.78 Å².